The molecule has 0 bridgehead atoms. The number of carbonyl (C=O) groups excluding carboxylic acids is 1. The van der Waals surface area contributed by atoms with E-state index in [1.807, 2.05) is 13.0 Å². The maximum absolute atomic E-state index is 12.4. The molecule has 4 heteroatoms. The van der Waals surface area contributed by atoms with Gasteiger partial charge in [-0.25, -0.2) is 0 Å². The Morgan fingerprint density at radius 3 is 2.67 bits per heavy atom. The number of benzene rings is 1. The van der Waals surface area contributed by atoms with E-state index in [0.29, 0.717) is 12.0 Å². The van der Waals surface area contributed by atoms with E-state index < -0.39 is 11.5 Å². The molecule has 1 aromatic carbocycles. The normalized spacial score (nSPS) is 16.1. The zero-order valence-corrected chi connectivity index (χ0v) is 12.3. The molecule has 3 nitrogen and oxygen atoms in total. The van der Waals surface area contributed by atoms with Crippen LogP contribution in [-0.4, -0.2) is 28.7 Å². The van der Waals surface area contributed by atoms with Gasteiger partial charge in [0, 0.05) is 10.0 Å². The molecule has 0 aliphatic rings. The number of Topliss-reactive ketones (excluding diaryl/α,β-unsaturated/α-hetero) is 1. The molecule has 0 unspecified atom stereocenters. The molecule has 18 heavy (non-hydrogen) atoms. The van der Waals surface area contributed by atoms with Gasteiger partial charge in [0.15, 0.2) is 5.78 Å². The van der Waals surface area contributed by atoms with Gasteiger partial charge in [0.1, 0.15) is 0 Å². The molecule has 0 heterocycles. The number of carbonyl (C=O) groups is 1. The summed E-state index contributed by atoms with van der Waals surface area (Å²) in [5.74, 6) is -0.229. The Kier molecular flexibility index (Phi) is 5.50. The van der Waals surface area contributed by atoms with E-state index in [-0.39, 0.29) is 12.4 Å². The van der Waals surface area contributed by atoms with E-state index in [4.69, 9.17) is 0 Å². The van der Waals surface area contributed by atoms with Crippen molar-refractivity contribution in [2.75, 3.05) is 6.61 Å². The van der Waals surface area contributed by atoms with E-state index in [9.17, 15) is 15.0 Å². The highest BCUT2D eigenvalue weighted by atomic mass is 79.9. The van der Waals surface area contributed by atoms with Crippen molar-refractivity contribution in [2.24, 2.45) is 5.41 Å². The summed E-state index contributed by atoms with van der Waals surface area (Å²) >= 11 is 3.31. The lowest BCUT2D eigenvalue weighted by atomic mass is 9.76. The Hall–Kier alpha value is -0.710. The van der Waals surface area contributed by atoms with Gasteiger partial charge in [-0.05, 0) is 25.5 Å². The highest BCUT2D eigenvalue weighted by Gasteiger charge is 2.39. The molecule has 0 spiro atoms. The largest absolute Gasteiger partial charge is 0.395 e. The number of ketones is 1. The van der Waals surface area contributed by atoms with Crippen molar-refractivity contribution in [3.8, 4) is 0 Å². The van der Waals surface area contributed by atoms with Crippen LogP contribution in [0.25, 0.3) is 0 Å². The van der Waals surface area contributed by atoms with Gasteiger partial charge in [0.05, 0.1) is 18.1 Å². The van der Waals surface area contributed by atoms with Gasteiger partial charge in [-0.15, -0.1) is 0 Å². The van der Waals surface area contributed by atoms with Gasteiger partial charge < -0.3 is 10.2 Å². The van der Waals surface area contributed by atoms with Gasteiger partial charge in [0.2, 0.25) is 0 Å². The summed E-state index contributed by atoms with van der Waals surface area (Å²) in [7, 11) is 0. The van der Waals surface area contributed by atoms with Crippen molar-refractivity contribution in [1.29, 1.82) is 0 Å². The number of aliphatic hydroxyl groups is 2. The topological polar surface area (TPSA) is 57.5 Å². The molecular formula is C14H19BrO3. The summed E-state index contributed by atoms with van der Waals surface area (Å²) in [6.07, 6.45) is 0.429. The number of aliphatic hydroxyl groups excluding tert-OH is 2. The van der Waals surface area contributed by atoms with Crippen LogP contribution in [0.2, 0.25) is 0 Å². The Bertz CT molecular complexity index is 419. The van der Waals surface area contributed by atoms with Gasteiger partial charge in [-0.2, -0.15) is 0 Å². The summed E-state index contributed by atoms with van der Waals surface area (Å²) in [4.78, 5) is 12.4. The first kappa shape index (κ1) is 15.3. The van der Waals surface area contributed by atoms with Crippen LogP contribution >= 0.6 is 15.9 Å². The Morgan fingerprint density at radius 2 is 2.17 bits per heavy atom. The average Bonchev–Trinajstić information content (AvgIpc) is 2.37. The molecule has 0 saturated carbocycles. The summed E-state index contributed by atoms with van der Waals surface area (Å²) in [5.41, 5.74) is -0.646. The maximum Gasteiger partial charge on any atom is 0.173 e. The monoisotopic (exact) mass is 314 g/mol. The third-order valence-corrected chi connectivity index (χ3v) is 3.72. The van der Waals surface area contributed by atoms with Crippen LogP contribution in [0.15, 0.2) is 28.7 Å². The fraction of sp³-hybridized carbons (Fsp3) is 0.500. The molecule has 0 fully saturated rings. The minimum absolute atomic E-state index is 0.229. The number of hydrogen-bond acceptors (Lipinski definition) is 3. The highest BCUT2D eigenvalue weighted by molar-refractivity contribution is 9.10. The average molecular weight is 315 g/mol. The molecule has 2 atom stereocenters. The number of rotatable bonds is 6. The van der Waals surface area contributed by atoms with Crippen molar-refractivity contribution in [3.05, 3.63) is 34.3 Å². The molecule has 0 radical (unpaired) electrons. The predicted octanol–water partition coefficient (Wildman–Crippen LogP) is 2.79. The molecule has 1 rings (SSSR count). The Labute approximate surface area is 116 Å². The fourth-order valence-electron chi connectivity index (χ4n) is 1.88. The zero-order chi connectivity index (χ0) is 13.8. The van der Waals surface area contributed by atoms with E-state index in [1.54, 1.807) is 25.1 Å². The third kappa shape index (κ3) is 3.19. The van der Waals surface area contributed by atoms with Crippen LogP contribution in [0.1, 0.15) is 37.0 Å². The molecule has 100 valence electrons. The van der Waals surface area contributed by atoms with Crippen LogP contribution in [-0.2, 0) is 0 Å². The molecule has 0 amide bonds. The van der Waals surface area contributed by atoms with Crippen LogP contribution in [0.4, 0.5) is 0 Å². The molecular weight excluding hydrogens is 296 g/mol. The lowest BCUT2D eigenvalue weighted by Gasteiger charge is -2.31. The van der Waals surface area contributed by atoms with Crippen molar-refractivity contribution in [1.82, 2.24) is 0 Å². The Balaban J connectivity index is 3.05. The molecule has 0 aromatic heterocycles. The zero-order valence-electron chi connectivity index (χ0n) is 10.7. The molecule has 1 aromatic rings. The first-order chi connectivity index (χ1) is 8.45. The van der Waals surface area contributed by atoms with E-state index in [2.05, 4.69) is 15.9 Å². The van der Waals surface area contributed by atoms with Crippen molar-refractivity contribution in [3.63, 3.8) is 0 Å². The summed E-state index contributed by atoms with van der Waals surface area (Å²) < 4.78 is 0.804. The Morgan fingerprint density at radius 1 is 1.50 bits per heavy atom. The number of hydrogen-bond donors (Lipinski definition) is 2. The predicted molar refractivity (Wildman–Crippen MR) is 74.6 cm³/mol. The lowest BCUT2D eigenvalue weighted by molar-refractivity contribution is 0.000554. The van der Waals surface area contributed by atoms with Crippen LogP contribution in [0.5, 0.6) is 0 Å². The second kappa shape index (κ2) is 6.45. The fourth-order valence-corrected chi connectivity index (χ4v) is 2.28. The first-order valence-corrected chi connectivity index (χ1v) is 6.84. The summed E-state index contributed by atoms with van der Waals surface area (Å²) in [6.45, 7) is 3.18. The SMILES string of the molecule is CCC[C@@H](O)[C@](C)(CO)C(=O)c1cccc(Br)c1. The second-order valence-electron chi connectivity index (χ2n) is 4.72. The standard InChI is InChI=1S/C14H19BrO3/c1-3-5-12(17)14(2,9-16)13(18)10-6-4-7-11(15)8-10/h4,6-8,12,16-17H,3,5,9H2,1-2H3/t12-,14+/m1/s1. The minimum Gasteiger partial charge on any atom is -0.395 e. The molecule has 2 N–H and O–H groups in total. The van der Waals surface area contributed by atoms with Crippen LogP contribution in [0.3, 0.4) is 0 Å². The highest BCUT2D eigenvalue weighted by Crippen LogP contribution is 2.29. The van der Waals surface area contributed by atoms with Crippen molar-refractivity contribution in [2.45, 2.75) is 32.8 Å². The maximum atomic E-state index is 12.4. The summed E-state index contributed by atoms with van der Waals surface area (Å²) in [5, 5.41) is 19.6. The smallest absolute Gasteiger partial charge is 0.173 e. The quantitative estimate of drug-likeness (QED) is 0.794. The van der Waals surface area contributed by atoms with E-state index in [0.717, 1.165) is 10.9 Å². The summed E-state index contributed by atoms with van der Waals surface area (Å²) in [6, 6.07) is 6.99. The lowest BCUT2D eigenvalue weighted by Crippen LogP contribution is -2.43. The molecule has 0 aliphatic heterocycles. The van der Waals surface area contributed by atoms with Crippen molar-refractivity contribution >= 4 is 21.7 Å². The third-order valence-electron chi connectivity index (χ3n) is 3.23. The van der Waals surface area contributed by atoms with Gasteiger partial charge in [-0.1, -0.05) is 41.4 Å². The second-order valence-corrected chi connectivity index (χ2v) is 5.64. The van der Waals surface area contributed by atoms with Gasteiger partial charge in [-0.3, -0.25) is 4.79 Å². The van der Waals surface area contributed by atoms with Gasteiger partial charge >= 0.3 is 0 Å². The molecule has 0 saturated heterocycles. The van der Waals surface area contributed by atoms with Crippen molar-refractivity contribution < 1.29 is 15.0 Å². The first-order valence-electron chi connectivity index (χ1n) is 6.05. The van der Waals surface area contributed by atoms with Gasteiger partial charge in [0.25, 0.3) is 0 Å². The van der Waals surface area contributed by atoms with Crippen LogP contribution < -0.4 is 0 Å². The number of halogens is 1. The van der Waals surface area contributed by atoms with Crippen LogP contribution in [0, 0.1) is 5.41 Å². The molecule has 0 aliphatic carbocycles. The van der Waals surface area contributed by atoms with E-state index in [1.165, 1.54) is 0 Å². The minimum atomic E-state index is -1.14. The van der Waals surface area contributed by atoms with E-state index >= 15 is 0 Å².